The highest BCUT2D eigenvalue weighted by Gasteiger charge is 2.30. The Hall–Kier alpha value is -3.07. The van der Waals surface area contributed by atoms with E-state index < -0.39 is 28.5 Å². The molecule has 2 rings (SSSR count). The van der Waals surface area contributed by atoms with Gasteiger partial charge >= 0.3 is 0 Å². The molecule has 0 spiro atoms. The number of amides is 2. The lowest BCUT2D eigenvalue weighted by atomic mass is 10.1. The molecule has 0 heterocycles. The number of carbonyl (C=O) groups excluding carboxylic acids is 2. The third-order valence-corrected chi connectivity index (χ3v) is 6.50. The van der Waals surface area contributed by atoms with Gasteiger partial charge in [-0.05, 0) is 55.7 Å². The molecule has 2 aromatic rings. The van der Waals surface area contributed by atoms with Crippen molar-refractivity contribution in [2.75, 3.05) is 30.8 Å². The fraction of sp³-hybridized carbons (Fsp3) is 0.417. The summed E-state index contributed by atoms with van der Waals surface area (Å²) in [6.45, 7) is 5.78. The Balaban J connectivity index is 2.37. The molecule has 0 fully saturated rings. The average molecular weight is 476 g/mol. The maximum absolute atomic E-state index is 13.4. The van der Waals surface area contributed by atoms with Crippen molar-refractivity contribution in [2.45, 2.75) is 39.8 Å². The van der Waals surface area contributed by atoms with Crippen molar-refractivity contribution in [3.8, 4) is 5.75 Å². The van der Waals surface area contributed by atoms with Crippen molar-refractivity contribution in [1.82, 2.24) is 10.2 Å². The number of ether oxygens (including phenoxy) is 1. The molecule has 9 heteroatoms. The molecule has 0 unspecified atom stereocenters. The van der Waals surface area contributed by atoms with Crippen LogP contribution in [0.3, 0.4) is 0 Å². The SMILES string of the molecule is CCCNC(=O)[C@H](C)N(Cc1ccccc1C)C(=O)CN(c1ccc(OC)cc1)S(C)(=O)=O. The predicted octanol–water partition coefficient (Wildman–Crippen LogP) is 2.71. The molecule has 0 aromatic heterocycles. The maximum atomic E-state index is 13.4. The minimum Gasteiger partial charge on any atom is -0.497 e. The first-order chi connectivity index (χ1) is 15.6. The molecule has 0 saturated carbocycles. The Bertz CT molecular complexity index is 1050. The van der Waals surface area contributed by atoms with Gasteiger partial charge in [0.15, 0.2) is 0 Å². The van der Waals surface area contributed by atoms with E-state index in [4.69, 9.17) is 4.74 Å². The first-order valence-electron chi connectivity index (χ1n) is 10.8. The van der Waals surface area contributed by atoms with Gasteiger partial charge in [0, 0.05) is 13.1 Å². The van der Waals surface area contributed by atoms with Gasteiger partial charge < -0.3 is 15.0 Å². The number of benzene rings is 2. The summed E-state index contributed by atoms with van der Waals surface area (Å²) in [4.78, 5) is 27.6. The molecule has 2 amide bonds. The molecule has 0 aliphatic carbocycles. The van der Waals surface area contributed by atoms with Crippen molar-refractivity contribution in [2.24, 2.45) is 0 Å². The standard InChI is InChI=1S/C24H33N3O5S/c1-6-15-25-24(29)19(3)26(16-20-10-8-7-9-18(20)2)23(28)17-27(33(5,30)31)21-11-13-22(32-4)14-12-21/h7-14,19H,6,15-17H2,1-5H3,(H,25,29)/t19-/m0/s1. The summed E-state index contributed by atoms with van der Waals surface area (Å²) in [5.41, 5.74) is 2.20. The zero-order valence-corrected chi connectivity index (χ0v) is 20.7. The molecule has 0 bridgehead atoms. The Morgan fingerprint density at radius 2 is 1.73 bits per heavy atom. The second kappa shape index (κ2) is 11.7. The Labute approximate surface area is 196 Å². The van der Waals surface area contributed by atoms with Gasteiger partial charge in [-0.15, -0.1) is 0 Å². The quantitative estimate of drug-likeness (QED) is 0.539. The molecule has 180 valence electrons. The zero-order valence-electron chi connectivity index (χ0n) is 19.9. The van der Waals surface area contributed by atoms with Crippen LogP contribution in [0, 0.1) is 6.92 Å². The fourth-order valence-corrected chi connectivity index (χ4v) is 4.16. The predicted molar refractivity (Wildman–Crippen MR) is 130 cm³/mol. The first kappa shape index (κ1) is 26.2. The van der Waals surface area contributed by atoms with Crippen LogP contribution in [0.15, 0.2) is 48.5 Å². The Morgan fingerprint density at radius 1 is 1.09 bits per heavy atom. The Morgan fingerprint density at radius 3 is 2.27 bits per heavy atom. The van der Waals surface area contributed by atoms with Gasteiger partial charge in [-0.3, -0.25) is 13.9 Å². The number of carbonyl (C=O) groups is 2. The lowest BCUT2D eigenvalue weighted by Gasteiger charge is -2.31. The topological polar surface area (TPSA) is 96.0 Å². The van der Waals surface area contributed by atoms with Crippen molar-refractivity contribution >= 4 is 27.5 Å². The molecular weight excluding hydrogens is 442 g/mol. The van der Waals surface area contributed by atoms with Gasteiger partial charge in [0.25, 0.3) is 0 Å². The molecule has 0 saturated heterocycles. The van der Waals surface area contributed by atoms with E-state index in [-0.39, 0.29) is 12.5 Å². The van der Waals surface area contributed by atoms with E-state index in [9.17, 15) is 18.0 Å². The summed E-state index contributed by atoms with van der Waals surface area (Å²) in [6.07, 6.45) is 1.82. The van der Waals surface area contributed by atoms with Gasteiger partial charge in [-0.2, -0.15) is 0 Å². The number of nitrogens with zero attached hydrogens (tertiary/aromatic N) is 2. The van der Waals surface area contributed by atoms with Crippen LogP contribution in [0.4, 0.5) is 5.69 Å². The molecule has 8 nitrogen and oxygen atoms in total. The van der Waals surface area contributed by atoms with E-state index in [1.54, 1.807) is 31.2 Å². The molecule has 0 aliphatic rings. The molecule has 0 aliphatic heterocycles. The summed E-state index contributed by atoms with van der Waals surface area (Å²) < 4.78 is 31.3. The smallest absolute Gasteiger partial charge is 0.244 e. The van der Waals surface area contributed by atoms with Crippen LogP contribution >= 0.6 is 0 Å². The summed E-state index contributed by atoms with van der Waals surface area (Å²) in [6, 6.07) is 13.2. The monoisotopic (exact) mass is 475 g/mol. The molecule has 2 aromatic carbocycles. The van der Waals surface area contributed by atoms with Gasteiger partial charge in [0.1, 0.15) is 18.3 Å². The highest BCUT2D eigenvalue weighted by atomic mass is 32.2. The van der Waals surface area contributed by atoms with Crippen molar-refractivity contribution in [3.05, 3.63) is 59.7 Å². The highest BCUT2D eigenvalue weighted by Crippen LogP contribution is 2.22. The van der Waals surface area contributed by atoms with E-state index >= 15 is 0 Å². The molecule has 1 N–H and O–H groups in total. The number of hydrogen-bond donors (Lipinski definition) is 1. The summed E-state index contributed by atoms with van der Waals surface area (Å²) >= 11 is 0. The van der Waals surface area contributed by atoms with Crippen LogP contribution in [-0.4, -0.2) is 57.6 Å². The van der Waals surface area contributed by atoms with Crippen molar-refractivity contribution in [1.29, 1.82) is 0 Å². The van der Waals surface area contributed by atoms with Crippen LogP contribution in [-0.2, 0) is 26.2 Å². The number of sulfonamides is 1. The van der Waals surface area contributed by atoms with Gasteiger partial charge in [0.2, 0.25) is 21.8 Å². The second-order valence-corrected chi connectivity index (χ2v) is 9.79. The van der Waals surface area contributed by atoms with Crippen LogP contribution < -0.4 is 14.4 Å². The zero-order chi connectivity index (χ0) is 24.6. The van der Waals surface area contributed by atoms with E-state index in [0.29, 0.717) is 18.0 Å². The van der Waals surface area contributed by atoms with Crippen LogP contribution in [0.25, 0.3) is 0 Å². The number of aryl methyl sites for hydroxylation is 1. The van der Waals surface area contributed by atoms with Gasteiger partial charge in [-0.1, -0.05) is 31.2 Å². The molecule has 33 heavy (non-hydrogen) atoms. The second-order valence-electron chi connectivity index (χ2n) is 7.88. The molecular formula is C24H33N3O5S. The number of hydrogen-bond acceptors (Lipinski definition) is 5. The van der Waals surface area contributed by atoms with E-state index in [1.165, 1.54) is 12.0 Å². The van der Waals surface area contributed by atoms with Gasteiger partial charge in [0.05, 0.1) is 19.1 Å². The van der Waals surface area contributed by atoms with E-state index in [1.807, 2.05) is 38.1 Å². The fourth-order valence-electron chi connectivity index (χ4n) is 3.31. The lowest BCUT2D eigenvalue weighted by Crippen LogP contribution is -2.51. The van der Waals surface area contributed by atoms with Crippen LogP contribution in [0.1, 0.15) is 31.4 Å². The van der Waals surface area contributed by atoms with Crippen LogP contribution in [0.5, 0.6) is 5.75 Å². The van der Waals surface area contributed by atoms with Gasteiger partial charge in [-0.25, -0.2) is 8.42 Å². The molecule has 1 atom stereocenters. The lowest BCUT2D eigenvalue weighted by molar-refractivity contribution is -0.139. The minimum absolute atomic E-state index is 0.187. The minimum atomic E-state index is -3.76. The van der Waals surface area contributed by atoms with Crippen molar-refractivity contribution in [3.63, 3.8) is 0 Å². The third kappa shape index (κ3) is 7.21. The average Bonchev–Trinajstić information content (AvgIpc) is 2.79. The summed E-state index contributed by atoms with van der Waals surface area (Å²) in [5.74, 6) is -0.186. The first-order valence-corrected chi connectivity index (χ1v) is 12.7. The number of methoxy groups -OCH3 is 1. The maximum Gasteiger partial charge on any atom is 0.244 e. The van der Waals surface area contributed by atoms with Crippen molar-refractivity contribution < 1.29 is 22.7 Å². The highest BCUT2D eigenvalue weighted by molar-refractivity contribution is 7.92. The number of rotatable bonds is 11. The Kier molecular flexibility index (Phi) is 9.28. The van der Waals surface area contributed by atoms with Crippen LogP contribution in [0.2, 0.25) is 0 Å². The third-order valence-electron chi connectivity index (χ3n) is 5.36. The largest absolute Gasteiger partial charge is 0.497 e. The summed E-state index contributed by atoms with van der Waals surface area (Å²) in [5, 5.41) is 2.82. The van der Waals surface area contributed by atoms with E-state index in [2.05, 4.69) is 5.32 Å². The molecule has 0 radical (unpaired) electrons. The van der Waals surface area contributed by atoms with E-state index in [0.717, 1.165) is 28.1 Å². The summed E-state index contributed by atoms with van der Waals surface area (Å²) in [7, 11) is -2.25. The normalized spacial score (nSPS) is 12.0. The number of anilines is 1. The number of nitrogens with one attached hydrogen (secondary N) is 1.